The van der Waals surface area contributed by atoms with Gasteiger partial charge in [0.25, 0.3) is 5.78 Å². The lowest BCUT2D eigenvalue weighted by atomic mass is 10.1. The predicted molar refractivity (Wildman–Crippen MR) is 95.1 cm³/mol. The van der Waals surface area contributed by atoms with Crippen LogP contribution in [0.25, 0.3) is 10.9 Å². The van der Waals surface area contributed by atoms with Crippen molar-refractivity contribution in [2.45, 2.75) is 12.7 Å². The Bertz CT molecular complexity index is 981. The highest BCUT2D eigenvalue weighted by Gasteiger charge is 2.40. The standard InChI is InChI=1S/C18H12BrF3N2O2/c19-11-6-7-15-13(8-11)14(17(26)18(20,21)22)9-24(15)10-16(25)23-12-4-2-1-3-5-12/h1-9H,10H2,(H,23,25). The molecule has 0 spiro atoms. The van der Waals surface area contributed by atoms with Crippen molar-refractivity contribution in [2.24, 2.45) is 0 Å². The van der Waals surface area contributed by atoms with Gasteiger partial charge < -0.3 is 9.88 Å². The van der Waals surface area contributed by atoms with Gasteiger partial charge in [-0.2, -0.15) is 13.2 Å². The lowest BCUT2D eigenvalue weighted by Gasteiger charge is -2.07. The van der Waals surface area contributed by atoms with Crippen molar-refractivity contribution in [2.75, 3.05) is 5.32 Å². The van der Waals surface area contributed by atoms with Crippen LogP contribution in [0.2, 0.25) is 0 Å². The molecule has 0 radical (unpaired) electrons. The van der Waals surface area contributed by atoms with E-state index in [2.05, 4.69) is 21.2 Å². The van der Waals surface area contributed by atoms with Gasteiger partial charge in [0.1, 0.15) is 6.54 Å². The van der Waals surface area contributed by atoms with Gasteiger partial charge in [-0.3, -0.25) is 9.59 Å². The average Bonchev–Trinajstić information content (AvgIpc) is 2.91. The lowest BCUT2D eigenvalue weighted by Crippen LogP contribution is -2.22. The van der Waals surface area contributed by atoms with Gasteiger partial charge in [0, 0.05) is 27.3 Å². The quantitative estimate of drug-likeness (QED) is 0.612. The fourth-order valence-electron chi connectivity index (χ4n) is 2.61. The first-order valence-electron chi connectivity index (χ1n) is 7.50. The third kappa shape index (κ3) is 3.80. The number of ketones is 1. The van der Waals surface area contributed by atoms with E-state index in [-0.39, 0.29) is 11.9 Å². The Morgan fingerprint density at radius 1 is 1.08 bits per heavy atom. The Hall–Kier alpha value is -2.61. The zero-order valence-corrected chi connectivity index (χ0v) is 14.8. The summed E-state index contributed by atoms with van der Waals surface area (Å²) in [6, 6.07) is 13.3. The van der Waals surface area contributed by atoms with Crippen LogP contribution in [-0.4, -0.2) is 22.4 Å². The summed E-state index contributed by atoms with van der Waals surface area (Å²) in [5.41, 5.74) is 0.452. The molecule has 1 aromatic heterocycles. The van der Waals surface area contributed by atoms with Crippen LogP contribution in [0.1, 0.15) is 10.4 Å². The van der Waals surface area contributed by atoms with E-state index in [0.717, 1.165) is 6.20 Å². The van der Waals surface area contributed by atoms with E-state index >= 15 is 0 Å². The molecule has 0 atom stereocenters. The molecule has 4 nitrogen and oxygen atoms in total. The summed E-state index contributed by atoms with van der Waals surface area (Å²) in [5.74, 6) is -2.36. The minimum Gasteiger partial charge on any atom is -0.337 e. The maximum absolute atomic E-state index is 12.9. The Balaban J connectivity index is 1.96. The summed E-state index contributed by atoms with van der Waals surface area (Å²) in [5, 5.41) is 2.79. The highest BCUT2D eigenvalue weighted by atomic mass is 79.9. The normalized spacial score (nSPS) is 11.5. The van der Waals surface area contributed by atoms with Gasteiger partial charge >= 0.3 is 6.18 Å². The summed E-state index contributed by atoms with van der Waals surface area (Å²) in [7, 11) is 0. The molecule has 134 valence electrons. The molecule has 0 aliphatic carbocycles. The number of aromatic nitrogens is 1. The molecule has 2 aromatic carbocycles. The number of hydrogen-bond acceptors (Lipinski definition) is 2. The van der Waals surface area contributed by atoms with Crippen LogP contribution in [0.3, 0.4) is 0 Å². The van der Waals surface area contributed by atoms with Crippen LogP contribution in [0.4, 0.5) is 18.9 Å². The van der Waals surface area contributed by atoms with Gasteiger partial charge in [0.15, 0.2) is 0 Å². The average molecular weight is 425 g/mol. The molecule has 26 heavy (non-hydrogen) atoms. The summed E-state index contributed by atoms with van der Waals surface area (Å²) >= 11 is 3.19. The van der Waals surface area contributed by atoms with Crippen LogP contribution >= 0.6 is 15.9 Å². The van der Waals surface area contributed by atoms with Gasteiger partial charge in [-0.25, -0.2) is 0 Å². The van der Waals surface area contributed by atoms with Gasteiger partial charge in [0.05, 0.1) is 5.56 Å². The summed E-state index contributed by atoms with van der Waals surface area (Å²) in [6.45, 7) is -0.224. The number of fused-ring (bicyclic) bond motifs is 1. The first kappa shape index (κ1) is 18.2. The number of carbonyl (C=O) groups is 2. The molecular weight excluding hydrogens is 413 g/mol. The molecule has 0 saturated carbocycles. The Morgan fingerprint density at radius 2 is 1.77 bits per heavy atom. The molecule has 3 rings (SSSR count). The smallest absolute Gasteiger partial charge is 0.337 e. The molecule has 0 fully saturated rings. The number of benzene rings is 2. The van der Waals surface area contributed by atoms with E-state index in [9.17, 15) is 22.8 Å². The maximum atomic E-state index is 12.9. The first-order valence-corrected chi connectivity index (χ1v) is 8.30. The van der Waals surface area contributed by atoms with E-state index in [4.69, 9.17) is 0 Å². The summed E-state index contributed by atoms with van der Waals surface area (Å²) in [6.07, 6.45) is -3.93. The van der Waals surface area contributed by atoms with E-state index in [0.29, 0.717) is 15.7 Å². The van der Waals surface area contributed by atoms with Gasteiger partial charge in [-0.05, 0) is 30.3 Å². The van der Waals surface area contributed by atoms with Gasteiger partial charge in [-0.15, -0.1) is 0 Å². The second-order valence-electron chi connectivity index (χ2n) is 5.57. The molecule has 0 bridgehead atoms. The second-order valence-corrected chi connectivity index (χ2v) is 6.49. The Labute approximate surface area is 154 Å². The number of nitrogens with one attached hydrogen (secondary N) is 1. The topological polar surface area (TPSA) is 51.1 Å². The highest BCUT2D eigenvalue weighted by Crippen LogP contribution is 2.30. The number of Topliss-reactive ketones (excluding diaryl/α,β-unsaturated/α-hetero) is 1. The fourth-order valence-corrected chi connectivity index (χ4v) is 2.97. The number of anilines is 1. The zero-order valence-electron chi connectivity index (χ0n) is 13.2. The third-order valence-electron chi connectivity index (χ3n) is 3.72. The third-order valence-corrected chi connectivity index (χ3v) is 4.21. The molecule has 0 unspecified atom stereocenters. The van der Waals surface area contributed by atoms with Crippen molar-refractivity contribution < 1.29 is 22.8 Å². The minimum atomic E-state index is -4.99. The molecule has 0 saturated heterocycles. The van der Waals surface area contributed by atoms with E-state index in [1.807, 2.05) is 0 Å². The largest absolute Gasteiger partial charge is 0.454 e. The van der Waals surface area contributed by atoms with Crippen LogP contribution in [0.15, 0.2) is 59.2 Å². The summed E-state index contributed by atoms with van der Waals surface area (Å²) < 4.78 is 40.5. The van der Waals surface area contributed by atoms with Gasteiger partial charge in [0.2, 0.25) is 5.91 Å². The zero-order chi connectivity index (χ0) is 18.9. The molecule has 1 N–H and O–H groups in total. The van der Waals surface area contributed by atoms with Crippen molar-refractivity contribution in [1.29, 1.82) is 0 Å². The Morgan fingerprint density at radius 3 is 2.42 bits per heavy atom. The van der Waals surface area contributed by atoms with Crippen LogP contribution in [0.5, 0.6) is 0 Å². The van der Waals surface area contributed by atoms with Crippen molar-refractivity contribution >= 4 is 44.2 Å². The van der Waals surface area contributed by atoms with Crippen molar-refractivity contribution in [3.05, 3.63) is 64.8 Å². The van der Waals surface area contributed by atoms with E-state index in [1.54, 1.807) is 42.5 Å². The second kappa shape index (κ2) is 6.95. The number of rotatable bonds is 4. The first-order chi connectivity index (χ1) is 12.3. The summed E-state index contributed by atoms with van der Waals surface area (Å²) in [4.78, 5) is 23.9. The van der Waals surface area contributed by atoms with Crippen molar-refractivity contribution in [3.63, 3.8) is 0 Å². The number of amides is 1. The van der Waals surface area contributed by atoms with Crippen LogP contribution in [0, 0.1) is 0 Å². The van der Waals surface area contributed by atoms with Crippen molar-refractivity contribution in [1.82, 2.24) is 4.57 Å². The molecule has 0 aliphatic rings. The van der Waals surface area contributed by atoms with Gasteiger partial charge in [-0.1, -0.05) is 34.1 Å². The number of alkyl halides is 3. The fraction of sp³-hybridized carbons (Fsp3) is 0.111. The molecule has 3 aromatic rings. The maximum Gasteiger partial charge on any atom is 0.454 e. The minimum absolute atomic E-state index is 0.134. The van der Waals surface area contributed by atoms with Crippen molar-refractivity contribution in [3.8, 4) is 0 Å². The molecule has 1 amide bonds. The molecule has 8 heteroatoms. The molecule has 0 aliphatic heterocycles. The SMILES string of the molecule is O=C(Cn1cc(C(=O)C(F)(F)F)c2cc(Br)ccc21)Nc1ccccc1. The van der Waals surface area contributed by atoms with E-state index in [1.165, 1.54) is 10.6 Å². The van der Waals surface area contributed by atoms with E-state index < -0.39 is 23.4 Å². The number of carbonyl (C=O) groups excluding carboxylic acids is 2. The molecule has 1 heterocycles. The number of hydrogen-bond donors (Lipinski definition) is 1. The monoisotopic (exact) mass is 424 g/mol. The van der Waals surface area contributed by atoms with Crippen LogP contribution in [-0.2, 0) is 11.3 Å². The molecular formula is C18H12BrF3N2O2. The van der Waals surface area contributed by atoms with Crippen LogP contribution < -0.4 is 5.32 Å². The highest BCUT2D eigenvalue weighted by molar-refractivity contribution is 9.10. The number of para-hydroxylation sites is 1. The predicted octanol–water partition coefficient (Wildman–Crippen LogP) is 4.79. The lowest BCUT2D eigenvalue weighted by molar-refractivity contribution is -0.116. The number of nitrogens with zero attached hydrogens (tertiary/aromatic N) is 1. The number of halogens is 4. The Kier molecular flexibility index (Phi) is 4.86.